The first-order valence-corrected chi connectivity index (χ1v) is 6.94. The molecule has 0 spiro atoms. The molecule has 2 aromatic rings. The van der Waals surface area contributed by atoms with E-state index in [1.165, 1.54) is 25.1 Å². The zero-order valence-corrected chi connectivity index (χ0v) is 12.7. The highest BCUT2D eigenvalue weighted by molar-refractivity contribution is 6.64. The Balaban J connectivity index is 2.10. The quantitative estimate of drug-likeness (QED) is 0.714. The average molecular weight is 345 g/mol. The van der Waals surface area contributed by atoms with E-state index in [0.29, 0.717) is 11.5 Å². The zero-order valence-electron chi connectivity index (χ0n) is 11.9. The van der Waals surface area contributed by atoms with Crippen molar-refractivity contribution in [1.29, 1.82) is 0 Å². The van der Waals surface area contributed by atoms with Gasteiger partial charge in [0.05, 0.1) is 5.56 Å². The van der Waals surface area contributed by atoms with Crippen molar-refractivity contribution < 1.29 is 27.4 Å². The third-order valence-electron chi connectivity index (χ3n) is 2.86. The predicted molar refractivity (Wildman–Crippen MR) is 78.9 cm³/mol. The second-order valence-corrected chi connectivity index (χ2v) is 5.04. The fraction of sp³-hybridized carbons (Fsp3) is 0.188. The molecule has 0 amide bonds. The molecule has 0 radical (unpaired) electrons. The van der Waals surface area contributed by atoms with Crippen molar-refractivity contribution in [1.82, 2.24) is 0 Å². The molecule has 0 heterocycles. The molecule has 2 aromatic carbocycles. The van der Waals surface area contributed by atoms with Gasteiger partial charge in [0.25, 0.3) is 5.24 Å². The minimum Gasteiger partial charge on any atom is -0.481 e. The van der Waals surface area contributed by atoms with E-state index in [-0.39, 0.29) is 5.75 Å². The maximum Gasteiger partial charge on any atom is 0.416 e. The van der Waals surface area contributed by atoms with Gasteiger partial charge in [-0.2, -0.15) is 13.2 Å². The molecule has 0 saturated carbocycles. The number of rotatable bonds is 5. The van der Waals surface area contributed by atoms with E-state index < -0.39 is 23.1 Å². The summed E-state index contributed by atoms with van der Waals surface area (Å²) in [6.07, 6.45) is -5.21. The summed E-state index contributed by atoms with van der Waals surface area (Å²) < 4.78 is 48.2. The Morgan fingerprint density at radius 3 is 2.22 bits per heavy atom. The van der Waals surface area contributed by atoms with Crippen molar-refractivity contribution in [2.45, 2.75) is 19.2 Å². The molecule has 122 valence electrons. The van der Waals surface area contributed by atoms with Crippen LogP contribution in [-0.2, 0) is 11.0 Å². The lowest BCUT2D eigenvalue weighted by Crippen LogP contribution is -2.18. The van der Waals surface area contributed by atoms with Crippen LogP contribution in [0.15, 0.2) is 48.5 Å². The highest BCUT2D eigenvalue weighted by Gasteiger charge is 2.30. The van der Waals surface area contributed by atoms with Gasteiger partial charge < -0.3 is 9.47 Å². The van der Waals surface area contributed by atoms with Gasteiger partial charge in [-0.25, -0.2) is 0 Å². The molecule has 0 N–H and O–H groups in total. The number of hydrogen-bond donors (Lipinski definition) is 0. The molecule has 0 aromatic heterocycles. The summed E-state index contributed by atoms with van der Waals surface area (Å²) in [7, 11) is 0. The number of benzene rings is 2. The molecule has 7 heteroatoms. The SMILES string of the molecule is CC(Oc1cccc(Oc2ccc(C(F)(F)F)cc2)c1)C(=O)Cl. The number of hydrogen-bond acceptors (Lipinski definition) is 3. The second-order valence-electron chi connectivity index (χ2n) is 4.66. The van der Waals surface area contributed by atoms with Crippen LogP contribution < -0.4 is 9.47 Å². The fourth-order valence-corrected chi connectivity index (χ4v) is 1.75. The highest BCUT2D eigenvalue weighted by atomic mass is 35.5. The second kappa shape index (κ2) is 6.91. The van der Waals surface area contributed by atoms with Crippen LogP contribution in [0.25, 0.3) is 0 Å². The van der Waals surface area contributed by atoms with E-state index in [2.05, 4.69) is 0 Å². The van der Waals surface area contributed by atoms with Gasteiger partial charge in [-0.3, -0.25) is 4.79 Å². The summed E-state index contributed by atoms with van der Waals surface area (Å²) >= 11 is 5.31. The molecule has 0 fully saturated rings. The Morgan fingerprint density at radius 1 is 1.04 bits per heavy atom. The predicted octanol–water partition coefficient (Wildman–Crippen LogP) is 5.03. The molecule has 0 aliphatic rings. The summed E-state index contributed by atoms with van der Waals surface area (Å²) in [5.74, 6) is 0.962. The lowest BCUT2D eigenvalue weighted by atomic mass is 10.2. The van der Waals surface area contributed by atoms with Crippen LogP contribution in [0.4, 0.5) is 13.2 Å². The third kappa shape index (κ3) is 4.89. The van der Waals surface area contributed by atoms with Gasteiger partial charge in [0.1, 0.15) is 17.2 Å². The maximum absolute atomic E-state index is 12.5. The number of carbonyl (C=O) groups excluding carboxylic acids is 1. The monoisotopic (exact) mass is 344 g/mol. The molecule has 0 saturated heterocycles. The molecule has 1 atom stereocenters. The normalized spacial score (nSPS) is 12.6. The van der Waals surface area contributed by atoms with Crippen LogP contribution in [-0.4, -0.2) is 11.3 Å². The van der Waals surface area contributed by atoms with E-state index >= 15 is 0 Å². The lowest BCUT2D eigenvalue weighted by Gasteiger charge is -2.12. The molecular weight excluding hydrogens is 333 g/mol. The summed E-state index contributed by atoms with van der Waals surface area (Å²) in [6.45, 7) is 1.50. The Bertz CT molecular complexity index is 684. The molecule has 1 unspecified atom stereocenters. The topological polar surface area (TPSA) is 35.5 Å². The Kier molecular flexibility index (Phi) is 5.15. The molecule has 0 aliphatic carbocycles. The average Bonchev–Trinajstić information content (AvgIpc) is 2.47. The van der Waals surface area contributed by atoms with Gasteiger partial charge in [-0.1, -0.05) is 6.07 Å². The summed E-state index contributed by atoms with van der Waals surface area (Å²) in [6, 6.07) is 10.7. The smallest absolute Gasteiger partial charge is 0.416 e. The molecular formula is C16H12ClF3O3. The van der Waals surface area contributed by atoms with E-state index in [1.807, 2.05) is 0 Å². The Labute approximate surface area is 135 Å². The fourth-order valence-electron chi connectivity index (χ4n) is 1.71. The molecule has 0 aliphatic heterocycles. The van der Waals surface area contributed by atoms with Crippen LogP contribution in [0, 0.1) is 0 Å². The van der Waals surface area contributed by atoms with Gasteiger partial charge in [-0.15, -0.1) is 0 Å². The minimum atomic E-state index is -4.39. The first-order chi connectivity index (χ1) is 10.8. The minimum absolute atomic E-state index is 0.247. The third-order valence-corrected chi connectivity index (χ3v) is 3.16. The standard InChI is InChI=1S/C16H12ClF3O3/c1-10(15(17)21)22-13-3-2-4-14(9-13)23-12-7-5-11(6-8-12)16(18,19)20/h2-10H,1H3. The first kappa shape index (κ1) is 17.1. The van der Waals surface area contributed by atoms with Crippen molar-refractivity contribution in [3.05, 3.63) is 54.1 Å². The molecule has 23 heavy (non-hydrogen) atoms. The van der Waals surface area contributed by atoms with E-state index in [4.69, 9.17) is 21.1 Å². The van der Waals surface area contributed by atoms with Crippen LogP contribution in [0.5, 0.6) is 17.2 Å². The van der Waals surface area contributed by atoms with Gasteiger partial charge in [0.15, 0.2) is 6.10 Å². The van der Waals surface area contributed by atoms with Crippen molar-refractivity contribution in [3.8, 4) is 17.2 Å². The van der Waals surface area contributed by atoms with Gasteiger partial charge in [-0.05, 0) is 54.9 Å². The summed E-state index contributed by atoms with van der Waals surface area (Å²) in [5, 5.41) is -0.640. The Morgan fingerprint density at radius 2 is 1.65 bits per heavy atom. The zero-order chi connectivity index (χ0) is 17.0. The maximum atomic E-state index is 12.5. The number of alkyl halides is 3. The first-order valence-electron chi connectivity index (χ1n) is 6.57. The molecule has 0 bridgehead atoms. The van der Waals surface area contributed by atoms with Crippen molar-refractivity contribution in [3.63, 3.8) is 0 Å². The lowest BCUT2D eigenvalue weighted by molar-refractivity contribution is -0.137. The Hall–Kier alpha value is -2.21. The van der Waals surface area contributed by atoms with Crippen molar-refractivity contribution >= 4 is 16.8 Å². The van der Waals surface area contributed by atoms with Crippen LogP contribution in [0.3, 0.4) is 0 Å². The summed E-state index contributed by atoms with van der Waals surface area (Å²) in [5.41, 5.74) is -0.753. The largest absolute Gasteiger partial charge is 0.481 e. The van der Waals surface area contributed by atoms with Crippen molar-refractivity contribution in [2.75, 3.05) is 0 Å². The van der Waals surface area contributed by atoms with Crippen LogP contribution >= 0.6 is 11.6 Å². The van der Waals surface area contributed by atoms with Crippen molar-refractivity contribution in [2.24, 2.45) is 0 Å². The molecule has 3 nitrogen and oxygen atoms in total. The van der Waals surface area contributed by atoms with Gasteiger partial charge in [0, 0.05) is 6.07 Å². The molecule has 2 rings (SSSR count). The summed E-state index contributed by atoms with van der Waals surface area (Å²) in [4.78, 5) is 11.0. The van der Waals surface area contributed by atoms with Gasteiger partial charge in [0.2, 0.25) is 0 Å². The van der Waals surface area contributed by atoms with E-state index in [1.54, 1.807) is 18.2 Å². The number of halogens is 4. The van der Waals surface area contributed by atoms with Crippen LogP contribution in [0.2, 0.25) is 0 Å². The van der Waals surface area contributed by atoms with Crippen LogP contribution in [0.1, 0.15) is 12.5 Å². The van der Waals surface area contributed by atoms with E-state index in [9.17, 15) is 18.0 Å². The highest BCUT2D eigenvalue weighted by Crippen LogP contribution is 2.32. The van der Waals surface area contributed by atoms with E-state index in [0.717, 1.165) is 12.1 Å². The van der Waals surface area contributed by atoms with Gasteiger partial charge >= 0.3 is 6.18 Å². The number of ether oxygens (including phenoxy) is 2. The number of carbonyl (C=O) groups is 1.